The minimum atomic E-state index is -0.795. The van der Waals surface area contributed by atoms with Crippen molar-refractivity contribution in [2.45, 2.75) is 26.3 Å². The van der Waals surface area contributed by atoms with Crippen LogP contribution in [0.15, 0.2) is 36.4 Å². The van der Waals surface area contributed by atoms with Crippen molar-refractivity contribution >= 4 is 28.6 Å². The number of carbonyl (C=O) groups is 3. The van der Waals surface area contributed by atoms with Crippen molar-refractivity contribution in [2.75, 3.05) is 20.8 Å². The third-order valence-corrected chi connectivity index (χ3v) is 4.61. The highest BCUT2D eigenvalue weighted by Crippen LogP contribution is 2.26. The van der Waals surface area contributed by atoms with Crippen LogP contribution in [0.1, 0.15) is 30.6 Å². The molecule has 0 aromatic heterocycles. The molecule has 1 amide bonds. The van der Waals surface area contributed by atoms with Gasteiger partial charge in [-0.2, -0.15) is 0 Å². The summed E-state index contributed by atoms with van der Waals surface area (Å²) in [4.78, 5) is 36.5. The minimum absolute atomic E-state index is 0.118. The molecule has 0 fully saturated rings. The van der Waals surface area contributed by atoms with E-state index in [1.165, 1.54) is 14.2 Å². The van der Waals surface area contributed by atoms with Crippen LogP contribution in [0.5, 0.6) is 5.75 Å². The van der Waals surface area contributed by atoms with Crippen LogP contribution in [0.25, 0.3) is 10.8 Å². The smallest absolute Gasteiger partial charge is 0.342 e. The van der Waals surface area contributed by atoms with Crippen molar-refractivity contribution in [3.63, 3.8) is 0 Å². The van der Waals surface area contributed by atoms with Crippen molar-refractivity contribution in [3.8, 4) is 5.75 Å². The van der Waals surface area contributed by atoms with E-state index in [-0.39, 0.29) is 11.5 Å². The first kappa shape index (κ1) is 21.2. The summed E-state index contributed by atoms with van der Waals surface area (Å²) in [6, 6.07) is 10.1. The zero-order chi connectivity index (χ0) is 20.7. The van der Waals surface area contributed by atoms with E-state index in [1.54, 1.807) is 12.1 Å². The minimum Gasteiger partial charge on any atom is -0.496 e. The van der Waals surface area contributed by atoms with Gasteiger partial charge < -0.3 is 19.5 Å². The summed E-state index contributed by atoms with van der Waals surface area (Å²) in [6.07, 6.45) is 0.675. The molecule has 2 rings (SSSR count). The molecule has 0 saturated heterocycles. The molecule has 0 aliphatic heterocycles. The lowest BCUT2D eigenvalue weighted by Gasteiger charge is -2.21. The fourth-order valence-electron chi connectivity index (χ4n) is 2.77. The molecule has 0 unspecified atom stereocenters. The molecule has 0 radical (unpaired) electrons. The fourth-order valence-corrected chi connectivity index (χ4v) is 2.77. The summed E-state index contributed by atoms with van der Waals surface area (Å²) in [5.74, 6) is -1.56. The maximum absolute atomic E-state index is 12.5. The number of fused-ring (bicyclic) bond motifs is 1. The average Bonchev–Trinajstić information content (AvgIpc) is 2.73. The predicted molar refractivity (Wildman–Crippen MR) is 104 cm³/mol. The van der Waals surface area contributed by atoms with Crippen LogP contribution in [0.4, 0.5) is 0 Å². The van der Waals surface area contributed by atoms with Crippen LogP contribution in [0.3, 0.4) is 0 Å². The van der Waals surface area contributed by atoms with Crippen molar-refractivity contribution in [1.82, 2.24) is 5.32 Å². The zero-order valence-corrected chi connectivity index (χ0v) is 16.5. The Bertz CT molecular complexity index is 863. The van der Waals surface area contributed by atoms with Crippen LogP contribution >= 0.6 is 0 Å². The fraction of sp³-hybridized carbons (Fsp3) is 0.381. The number of hydrogen-bond donors (Lipinski definition) is 1. The molecule has 2 atom stereocenters. The number of methoxy groups -OCH3 is 2. The number of esters is 2. The molecule has 28 heavy (non-hydrogen) atoms. The van der Waals surface area contributed by atoms with Gasteiger partial charge in [0.25, 0.3) is 5.91 Å². The number of rotatable bonds is 8. The van der Waals surface area contributed by atoms with Crippen molar-refractivity contribution < 1.29 is 28.6 Å². The molecule has 0 heterocycles. The Labute approximate surface area is 164 Å². The van der Waals surface area contributed by atoms with E-state index in [9.17, 15) is 14.4 Å². The molecule has 2 aromatic rings. The molecule has 0 saturated carbocycles. The molecular formula is C21H25NO6. The average molecular weight is 387 g/mol. The Hall–Kier alpha value is -3.09. The maximum atomic E-state index is 12.5. The van der Waals surface area contributed by atoms with E-state index in [4.69, 9.17) is 14.2 Å². The molecular weight excluding hydrogens is 362 g/mol. The third-order valence-electron chi connectivity index (χ3n) is 4.61. The lowest BCUT2D eigenvalue weighted by molar-refractivity contribution is -0.147. The van der Waals surface area contributed by atoms with Crippen LogP contribution < -0.4 is 10.1 Å². The summed E-state index contributed by atoms with van der Waals surface area (Å²) in [7, 11) is 2.72. The van der Waals surface area contributed by atoms with Gasteiger partial charge in [-0.05, 0) is 28.8 Å². The van der Waals surface area contributed by atoms with Gasteiger partial charge in [0.2, 0.25) is 0 Å². The Kier molecular flexibility index (Phi) is 7.37. The van der Waals surface area contributed by atoms with E-state index < -0.39 is 30.5 Å². The number of hydrogen-bond acceptors (Lipinski definition) is 6. The lowest BCUT2D eigenvalue weighted by atomic mass is 9.99. The second kappa shape index (κ2) is 9.73. The standard InChI is InChI=1S/C21H25NO6/c1-5-13(2)19(21(25)27-4)22-18(23)12-28-20(24)16-10-14-8-6-7-9-15(14)11-17(16)26-3/h6-11,13,19H,5,12H2,1-4H3,(H,22,23)/t13-,19+/m1/s1. The molecule has 1 N–H and O–H groups in total. The van der Waals surface area contributed by atoms with E-state index in [1.807, 2.05) is 38.1 Å². The van der Waals surface area contributed by atoms with Gasteiger partial charge in [-0.3, -0.25) is 4.79 Å². The number of ether oxygens (including phenoxy) is 3. The van der Waals surface area contributed by atoms with Gasteiger partial charge >= 0.3 is 11.9 Å². The third kappa shape index (κ3) is 5.00. The summed E-state index contributed by atoms with van der Waals surface area (Å²) in [6.45, 7) is 3.21. The van der Waals surface area contributed by atoms with Crippen molar-refractivity contribution in [1.29, 1.82) is 0 Å². The van der Waals surface area contributed by atoms with Gasteiger partial charge in [0, 0.05) is 0 Å². The van der Waals surface area contributed by atoms with Gasteiger partial charge in [0.05, 0.1) is 14.2 Å². The molecule has 0 spiro atoms. The summed E-state index contributed by atoms with van der Waals surface area (Å²) >= 11 is 0. The number of benzene rings is 2. The van der Waals surface area contributed by atoms with Gasteiger partial charge in [-0.15, -0.1) is 0 Å². The highest BCUT2D eigenvalue weighted by molar-refractivity contribution is 5.99. The first-order valence-electron chi connectivity index (χ1n) is 9.02. The molecule has 0 aliphatic rings. The van der Waals surface area contributed by atoms with Gasteiger partial charge in [0.15, 0.2) is 6.61 Å². The van der Waals surface area contributed by atoms with E-state index in [2.05, 4.69) is 5.32 Å². The van der Waals surface area contributed by atoms with Crippen LogP contribution in [0.2, 0.25) is 0 Å². The predicted octanol–water partition coefficient (Wildman–Crippen LogP) is 2.71. The van der Waals surface area contributed by atoms with Gasteiger partial charge in [-0.25, -0.2) is 9.59 Å². The number of carbonyl (C=O) groups excluding carboxylic acids is 3. The first-order chi connectivity index (χ1) is 13.4. The second-order valence-electron chi connectivity index (χ2n) is 6.43. The Morgan fingerprint density at radius 3 is 2.29 bits per heavy atom. The van der Waals surface area contributed by atoms with Crippen molar-refractivity contribution in [2.24, 2.45) is 5.92 Å². The van der Waals surface area contributed by atoms with Crippen molar-refractivity contribution in [3.05, 3.63) is 42.0 Å². The summed E-state index contributed by atoms with van der Waals surface area (Å²) < 4.78 is 15.1. The summed E-state index contributed by atoms with van der Waals surface area (Å²) in [5.41, 5.74) is 0.223. The van der Waals surface area contributed by atoms with Crippen LogP contribution in [-0.4, -0.2) is 44.7 Å². The number of amides is 1. The molecule has 150 valence electrons. The van der Waals surface area contributed by atoms with Gasteiger partial charge in [-0.1, -0.05) is 44.5 Å². The quantitative estimate of drug-likeness (QED) is 0.701. The highest BCUT2D eigenvalue weighted by atomic mass is 16.5. The molecule has 7 heteroatoms. The van der Waals surface area contributed by atoms with E-state index in [0.717, 1.165) is 10.8 Å². The van der Waals surface area contributed by atoms with E-state index in [0.29, 0.717) is 12.2 Å². The molecule has 2 aromatic carbocycles. The Balaban J connectivity index is 2.07. The second-order valence-corrected chi connectivity index (χ2v) is 6.43. The largest absolute Gasteiger partial charge is 0.496 e. The summed E-state index contributed by atoms with van der Waals surface area (Å²) in [5, 5.41) is 4.33. The maximum Gasteiger partial charge on any atom is 0.342 e. The number of nitrogens with one attached hydrogen (secondary N) is 1. The molecule has 7 nitrogen and oxygen atoms in total. The van der Waals surface area contributed by atoms with E-state index >= 15 is 0 Å². The topological polar surface area (TPSA) is 90.9 Å². The Morgan fingerprint density at radius 2 is 1.71 bits per heavy atom. The molecule has 0 bridgehead atoms. The molecule has 0 aliphatic carbocycles. The highest BCUT2D eigenvalue weighted by Gasteiger charge is 2.27. The SMILES string of the molecule is CC[C@@H](C)[C@H](NC(=O)COC(=O)c1cc2ccccc2cc1OC)C(=O)OC. The monoisotopic (exact) mass is 387 g/mol. The zero-order valence-electron chi connectivity index (χ0n) is 16.5. The van der Waals surface area contributed by atoms with Gasteiger partial charge in [0.1, 0.15) is 17.4 Å². The normalized spacial score (nSPS) is 12.7. The van der Waals surface area contributed by atoms with Crippen LogP contribution in [-0.2, 0) is 19.1 Å². The first-order valence-corrected chi connectivity index (χ1v) is 9.02. The van der Waals surface area contributed by atoms with Crippen LogP contribution in [0, 0.1) is 5.92 Å². The Morgan fingerprint density at radius 1 is 1.07 bits per heavy atom. The lowest BCUT2D eigenvalue weighted by Crippen LogP contribution is -2.47.